The summed E-state index contributed by atoms with van der Waals surface area (Å²) in [4.78, 5) is 4.05. The molecule has 25 heavy (non-hydrogen) atoms. The van der Waals surface area contributed by atoms with Crippen LogP contribution >= 0.6 is 23.2 Å². The standard InChI is InChI=1S/C17H15Cl2N5O/c18-13-3-1-2-12(14(13)19)15-16(20)22-17(21)24(23-15)8-10-4-6-11(9-25)7-5-10/h1-7,25H,8-9H2,(H3,20,21,22). The lowest BCUT2D eigenvalue weighted by molar-refractivity contribution is 0.282. The largest absolute Gasteiger partial charge is 0.392 e. The SMILES string of the molecule is N=c1nc(N)c(-c2cccc(Cl)c2Cl)nn1Cc1ccc(CO)cc1. The van der Waals surface area contributed by atoms with E-state index in [1.54, 1.807) is 18.2 Å². The van der Waals surface area contributed by atoms with Crippen molar-refractivity contribution in [2.24, 2.45) is 0 Å². The van der Waals surface area contributed by atoms with Gasteiger partial charge in [0.2, 0.25) is 5.62 Å². The Morgan fingerprint density at radius 1 is 1.08 bits per heavy atom. The third-order valence-electron chi connectivity index (χ3n) is 3.68. The number of nitrogens with two attached hydrogens (primary N) is 1. The lowest BCUT2D eigenvalue weighted by Gasteiger charge is -2.12. The van der Waals surface area contributed by atoms with Gasteiger partial charge in [-0.25, -0.2) is 4.68 Å². The predicted molar refractivity (Wildman–Crippen MR) is 97.2 cm³/mol. The van der Waals surface area contributed by atoms with E-state index in [1.165, 1.54) is 4.68 Å². The van der Waals surface area contributed by atoms with Crippen molar-refractivity contribution in [1.82, 2.24) is 14.8 Å². The summed E-state index contributed by atoms with van der Waals surface area (Å²) in [6.07, 6.45) is 0. The number of anilines is 1. The molecule has 0 radical (unpaired) electrons. The Hall–Kier alpha value is -2.41. The Morgan fingerprint density at radius 3 is 2.44 bits per heavy atom. The summed E-state index contributed by atoms with van der Waals surface area (Å²) in [5.41, 5.74) is 8.53. The molecule has 0 bridgehead atoms. The van der Waals surface area contributed by atoms with E-state index in [9.17, 15) is 0 Å². The number of hydrogen-bond acceptors (Lipinski definition) is 5. The maximum atomic E-state index is 9.11. The Kier molecular flexibility index (Phi) is 5.03. The number of hydrogen-bond donors (Lipinski definition) is 3. The van der Waals surface area contributed by atoms with Crippen molar-refractivity contribution in [3.05, 3.63) is 69.3 Å². The minimum absolute atomic E-state index is 0.0177. The molecule has 0 unspecified atom stereocenters. The zero-order valence-electron chi connectivity index (χ0n) is 13.1. The van der Waals surface area contributed by atoms with Crippen LogP contribution in [0.1, 0.15) is 11.1 Å². The summed E-state index contributed by atoms with van der Waals surface area (Å²) < 4.78 is 1.43. The van der Waals surface area contributed by atoms with Crippen molar-refractivity contribution in [2.45, 2.75) is 13.2 Å². The molecule has 6 nitrogen and oxygen atoms in total. The van der Waals surface area contributed by atoms with Gasteiger partial charge in [0.25, 0.3) is 0 Å². The molecule has 0 aliphatic carbocycles. The van der Waals surface area contributed by atoms with E-state index in [0.29, 0.717) is 27.8 Å². The molecule has 0 aliphatic rings. The number of nitrogens with one attached hydrogen (secondary N) is 1. The van der Waals surface area contributed by atoms with Crippen LogP contribution in [0.2, 0.25) is 10.0 Å². The van der Waals surface area contributed by atoms with Crippen LogP contribution in [0.25, 0.3) is 11.3 Å². The molecule has 3 rings (SSSR count). The second-order valence-electron chi connectivity index (χ2n) is 5.40. The monoisotopic (exact) mass is 375 g/mol. The van der Waals surface area contributed by atoms with Gasteiger partial charge >= 0.3 is 0 Å². The van der Waals surface area contributed by atoms with E-state index in [4.69, 9.17) is 39.5 Å². The van der Waals surface area contributed by atoms with Crippen LogP contribution in [0.3, 0.4) is 0 Å². The number of nitrogen functional groups attached to an aromatic ring is 1. The van der Waals surface area contributed by atoms with Crippen LogP contribution in [0.5, 0.6) is 0 Å². The topological polar surface area (TPSA) is 101 Å². The molecule has 0 saturated heterocycles. The summed E-state index contributed by atoms with van der Waals surface area (Å²) in [6, 6.07) is 12.5. The van der Waals surface area contributed by atoms with Gasteiger partial charge in [-0.3, -0.25) is 5.41 Å². The molecule has 0 spiro atoms. The van der Waals surface area contributed by atoms with Gasteiger partial charge < -0.3 is 10.8 Å². The van der Waals surface area contributed by atoms with E-state index in [0.717, 1.165) is 11.1 Å². The highest BCUT2D eigenvalue weighted by Crippen LogP contribution is 2.33. The first-order chi connectivity index (χ1) is 12.0. The zero-order valence-corrected chi connectivity index (χ0v) is 14.6. The van der Waals surface area contributed by atoms with Crippen LogP contribution in [0.15, 0.2) is 42.5 Å². The first kappa shape index (κ1) is 17.4. The minimum Gasteiger partial charge on any atom is -0.392 e. The van der Waals surface area contributed by atoms with Crippen LogP contribution in [-0.2, 0) is 13.2 Å². The van der Waals surface area contributed by atoms with Crippen LogP contribution in [0.4, 0.5) is 5.82 Å². The molecule has 0 aliphatic heterocycles. The summed E-state index contributed by atoms with van der Waals surface area (Å²) in [5.74, 6) is 0.112. The molecule has 1 heterocycles. The lowest BCUT2D eigenvalue weighted by atomic mass is 10.1. The third-order valence-corrected chi connectivity index (χ3v) is 4.50. The molecule has 3 aromatic rings. The van der Waals surface area contributed by atoms with Crippen LogP contribution in [0, 0.1) is 5.41 Å². The Bertz CT molecular complexity index is 970. The van der Waals surface area contributed by atoms with E-state index in [1.807, 2.05) is 24.3 Å². The van der Waals surface area contributed by atoms with E-state index in [2.05, 4.69) is 10.1 Å². The summed E-state index contributed by atoms with van der Waals surface area (Å²) >= 11 is 12.3. The molecule has 0 fully saturated rings. The van der Waals surface area contributed by atoms with E-state index < -0.39 is 0 Å². The fraction of sp³-hybridized carbons (Fsp3) is 0.118. The number of nitrogens with zero attached hydrogens (tertiary/aromatic N) is 3. The predicted octanol–water partition coefficient (Wildman–Crippen LogP) is 2.85. The number of aliphatic hydroxyl groups is 1. The summed E-state index contributed by atoms with van der Waals surface area (Å²) in [7, 11) is 0. The van der Waals surface area contributed by atoms with Gasteiger partial charge in [-0.1, -0.05) is 59.6 Å². The smallest absolute Gasteiger partial charge is 0.241 e. The van der Waals surface area contributed by atoms with Crippen molar-refractivity contribution >= 4 is 29.0 Å². The van der Waals surface area contributed by atoms with Crippen molar-refractivity contribution in [3.8, 4) is 11.3 Å². The molecular formula is C17H15Cl2N5O. The molecule has 8 heteroatoms. The first-order valence-corrected chi connectivity index (χ1v) is 8.17. The highest BCUT2D eigenvalue weighted by molar-refractivity contribution is 6.43. The van der Waals surface area contributed by atoms with Gasteiger partial charge in [0.1, 0.15) is 5.69 Å². The zero-order chi connectivity index (χ0) is 18.0. The van der Waals surface area contributed by atoms with Crippen molar-refractivity contribution < 1.29 is 5.11 Å². The van der Waals surface area contributed by atoms with Gasteiger partial charge in [0.05, 0.1) is 23.2 Å². The average Bonchev–Trinajstić information content (AvgIpc) is 2.61. The molecule has 1 aromatic heterocycles. The van der Waals surface area contributed by atoms with Crippen LogP contribution in [-0.4, -0.2) is 19.9 Å². The molecule has 0 saturated carbocycles. The second kappa shape index (κ2) is 7.23. The van der Waals surface area contributed by atoms with Crippen molar-refractivity contribution in [1.29, 1.82) is 5.41 Å². The lowest BCUT2D eigenvalue weighted by Crippen LogP contribution is -2.28. The van der Waals surface area contributed by atoms with Crippen molar-refractivity contribution in [2.75, 3.05) is 5.73 Å². The number of aromatic nitrogens is 3. The van der Waals surface area contributed by atoms with E-state index in [-0.39, 0.29) is 18.0 Å². The summed E-state index contributed by atoms with van der Waals surface area (Å²) in [6.45, 7) is 0.319. The number of aliphatic hydroxyl groups excluding tert-OH is 1. The quantitative estimate of drug-likeness (QED) is 0.652. The molecule has 0 atom stereocenters. The number of benzene rings is 2. The Labute approximate surface area is 154 Å². The Balaban J connectivity index is 2.03. The molecule has 128 valence electrons. The highest BCUT2D eigenvalue weighted by Gasteiger charge is 2.14. The first-order valence-electron chi connectivity index (χ1n) is 7.42. The van der Waals surface area contributed by atoms with Gasteiger partial charge in [-0.15, -0.1) is 0 Å². The fourth-order valence-corrected chi connectivity index (χ4v) is 2.75. The second-order valence-corrected chi connectivity index (χ2v) is 6.19. The average molecular weight is 376 g/mol. The maximum absolute atomic E-state index is 9.11. The van der Waals surface area contributed by atoms with Crippen LogP contribution < -0.4 is 11.4 Å². The molecule has 4 N–H and O–H groups in total. The number of halogens is 2. The summed E-state index contributed by atoms with van der Waals surface area (Å²) in [5, 5.41) is 22.3. The van der Waals surface area contributed by atoms with Gasteiger partial charge in [0, 0.05) is 5.56 Å². The molecule has 2 aromatic carbocycles. The van der Waals surface area contributed by atoms with Crippen molar-refractivity contribution in [3.63, 3.8) is 0 Å². The van der Waals surface area contributed by atoms with Gasteiger partial charge in [0.15, 0.2) is 5.82 Å². The normalized spacial score (nSPS) is 10.8. The minimum atomic E-state index is -0.0642. The van der Waals surface area contributed by atoms with Gasteiger partial charge in [-0.2, -0.15) is 10.1 Å². The fourth-order valence-electron chi connectivity index (χ4n) is 2.36. The maximum Gasteiger partial charge on any atom is 0.241 e. The Morgan fingerprint density at radius 2 is 1.76 bits per heavy atom. The number of rotatable bonds is 4. The molecule has 0 amide bonds. The third kappa shape index (κ3) is 3.66. The van der Waals surface area contributed by atoms with E-state index >= 15 is 0 Å². The highest BCUT2D eigenvalue weighted by atomic mass is 35.5. The molecular weight excluding hydrogens is 361 g/mol. The van der Waals surface area contributed by atoms with Gasteiger partial charge in [-0.05, 0) is 17.2 Å².